The zero-order chi connectivity index (χ0) is 16.6. The highest BCUT2D eigenvalue weighted by molar-refractivity contribution is 6.31. The number of hydrogen-bond acceptors (Lipinski definition) is 2. The molecule has 0 aliphatic rings. The first-order valence-corrected chi connectivity index (χ1v) is 7.42. The number of carbonyl (C=O) groups excluding carboxylic acids is 1. The molecular weight excluding hydrogens is 317 g/mol. The Morgan fingerprint density at radius 1 is 1.22 bits per heavy atom. The van der Waals surface area contributed by atoms with Gasteiger partial charge in [0.2, 0.25) is 0 Å². The SMILES string of the molecule is CC(=O)c1cn(Cc2ccccc2)c2cc(Cl)c(F)cc2c1=O. The summed E-state index contributed by atoms with van der Waals surface area (Å²) in [5.74, 6) is -1.03. The molecule has 0 radical (unpaired) electrons. The van der Waals surface area contributed by atoms with Gasteiger partial charge in [0.25, 0.3) is 0 Å². The van der Waals surface area contributed by atoms with Crippen molar-refractivity contribution in [2.45, 2.75) is 13.5 Å². The quantitative estimate of drug-likeness (QED) is 0.680. The first-order chi connectivity index (χ1) is 11.0. The number of Topliss-reactive ketones (excluding diaryl/α,β-unsaturated/α-hetero) is 1. The third-order valence-electron chi connectivity index (χ3n) is 3.70. The summed E-state index contributed by atoms with van der Waals surface area (Å²) >= 11 is 5.86. The first-order valence-electron chi connectivity index (χ1n) is 7.04. The van der Waals surface area contributed by atoms with Gasteiger partial charge < -0.3 is 4.57 Å². The van der Waals surface area contributed by atoms with Gasteiger partial charge in [-0.15, -0.1) is 0 Å². The Morgan fingerprint density at radius 3 is 2.57 bits per heavy atom. The van der Waals surface area contributed by atoms with Gasteiger partial charge in [0, 0.05) is 18.1 Å². The molecule has 1 aromatic heterocycles. The third kappa shape index (κ3) is 2.90. The smallest absolute Gasteiger partial charge is 0.200 e. The molecule has 0 saturated heterocycles. The lowest BCUT2D eigenvalue weighted by atomic mass is 10.1. The molecule has 23 heavy (non-hydrogen) atoms. The molecule has 5 heteroatoms. The van der Waals surface area contributed by atoms with Gasteiger partial charge in [-0.3, -0.25) is 9.59 Å². The van der Waals surface area contributed by atoms with Crippen LogP contribution in [0.3, 0.4) is 0 Å². The Hall–Kier alpha value is -2.46. The van der Waals surface area contributed by atoms with E-state index in [-0.39, 0.29) is 21.8 Å². The van der Waals surface area contributed by atoms with E-state index in [1.54, 1.807) is 4.57 Å². The van der Waals surface area contributed by atoms with E-state index in [0.29, 0.717) is 12.1 Å². The predicted octanol–water partition coefficient (Wildman–Crippen LogP) is 4.04. The van der Waals surface area contributed by atoms with E-state index in [0.717, 1.165) is 11.6 Å². The van der Waals surface area contributed by atoms with E-state index in [2.05, 4.69) is 0 Å². The van der Waals surface area contributed by atoms with Gasteiger partial charge in [0.05, 0.1) is 16.1 Å². The fraction of sp³-hybridized carbons (Fsp3) is 0.111. The zero-order valence-electron chi connectivity index (χ0n) is 12.3. The van der Waals surface area contributed by atoms with Crippen molar-refractivity contribution in [2.24, 2.45) is 0 Å². The number of fused-ring (bicyclic) bond motifs is 1. The van der Waals surface area contributed by atoms with Gasteiger partial charge in [0.1, 0.15) is 5.82 Å². The minimum absolute atomic E-state index is 0.0372. The maximum Gasteiger partial charge on any atom is 0.200 e. The van der Waals surface area contributed by atoms with E-state index in [1.807, 2.05) is 30.3 Å². The Balaban J connectivity index is 2.31. The zero-order valence-corrected chi connectivity index (χ0v) is 13.1. The minimum atomic E-state index is -0.678. The maximum atomic E-state index is 13.8. The van der Waals surface area contributed by atoms with E-state index in [9.17, 15) is 14.0 Å². The van der Waals surface area contributed by atoms with Crippen LogP contribution in [-0.2, 0) is 6.54 Å². The van der Waals surface area contributed by atoms with Crippen LogP contribution >= 0.6 is 11.6 Å². The Morgan fingerprint density at radius 2 is 1.91 bits per heavy atom. The summed E-state index contributed by atoms with van der Waals surface area (Å²) in [6, 6.07) is 12.1. The van der Waals surface area contributed by atoms with Crippen molar-refractivity contribution in [3.63, 3.8) is 0 Å². The molecule has 0 atom stereocenters. The highest BCUT2D eigenvalue weighted by Gasteiger charge is 2.15. The fourth-order valence-electron chi connectivity index (χ4n) is 2.55. The summed E-state index contributed by atoms with van der Waals surface area (Å²) in [5.41, 5.74) is 1.05. The highest BCUT2D eigenvalue weighted by Crippen LogP contribution is 2.22. The van der Waals surface area contributed by atoms with Gasteiger partial charge in [-0.1, -0.05) is 41.9 Å². The summed E-state index contributed by atoms with van der Waals surface area (Å²) < 4.78 is 15.5. The van der Waals surface area contributed by atoms with Crippen molar-refractivity contribution in [3.05, 3.63) is 80.9 Å². The summed E-state index contributed by atoms with van der Waals surface area (Å²) in [7, 11) is 0. The summed E-state index contributed by atoms with van der Waals surface area (Å²) in [5, 5.41) is 0.0878. The number of pyridine rings is 1. The summed E-state index contributed by atoms with van der Waals surface area (Å²) in [6.07, 6.45) is 1.51. The van der Waals surface area contributed by atoms with Gasteiger partial charge in [-0.05, 0) is 24.6 Å². The van der Waals surface area contributed by atoms with Crippen molar-refractivity contribution in [1.82, 2.24) is 4.57 Å². The summed E-state index contributed by atoms with van der Waals surface area (Å²) in [6.45, 7) is 1.77. The topological polar surface area (TPSA) is 39.1 Å². The first kappa shape index (κ1) is 15.4. The number of ketones is 1. The van der Waals surface area contributed by atoms with Gasteiger partial charge in [-0.25, -0.2) is 4.39 Å². The third-order valence-corrected chi connectivity index (χ3v) is 3.99. The number of carbonyl (C=O) groups is 1. The lowest BCUT2D eigenvalue weighted by Crippen LogP contribution is -2.18. The number of benzene rings is 2. The molecule has 0 aliphatic carbocycles. The van der Waals surface area contributed by atoms with Crippen LogP contribution in [-0.4, -0.2) is 10.4 Å². The lowest BCUT2D eigenvalue weighted by Gasteiger charge is -2.13. The number of halogens is 2. The van der Waals surface area contributed by atoms with E-state index in [4.69, 9.17) is 11.6 Å². The van der Waals surface area contributed by atoms with E-state index in [1.165, 1.54) is 19.2 Å². The summed E-state index contributed by atoms with van der Waals surface area (Å²) in [4.78, 5) is 24.1. The molecule has 0 unspecified atom stereocenters. The average Bonchev–Trinajstić information content (AvgIpc) is 2.52. The Kier molecular flexibility index (Phi) is 4.01. The molecule has 116 valence electrons. The average molecular weight is 330 g/mol. The molecule has 0 saturated carbocycles. The van der Waals surface area contributed by atoms with Crippen molar-refractivity contribution >= 4 is 28.3 Å². The number of hydrogen-bond donors (Lipinski definition) is 0. The van der Waals surface area contributed by atoms with E-state index >= 15 is 0 Å². The van der Waals surface area contributed by atoms with Crippen molar-refractivity contribution < 1.29 is 9.18 Å². The Bertz CT molecular complexity index is 964. The second-order valence-corrected chi connectivity index (χ2v) is 5.73. The van der Waals surface area contributed by atoms with Crippen LogP contribution in [0.2, 0.25) is 5.02 Å². The van der Waals surface area contributed by atoms with Gasteiger partial charge >= 0.3 is 0 Å². The lowest BCUT2D eigenvalue weighted by molar-refractivity contribution is 0.101. The Labute approximate surface area is 136 Å². The van der Waals surface area contributed by atoms with Gasteiger partial charge in [0.15, 0.2) is 11.2 Å². The van der Waals surface area contributed by atoms with Gasteiger partial charge in [-0.2, -0.15) is 0 Å². The van der Waals surface area contributed by atoms with Crippen LogP contribution in [0.15, 0.2) is 53.5 Å². The molecule has 1 heterocycles. The molecule has 2 aromatic carbocycles. The van der Waals surface area contributed by atoms with Crippen LogP contribution in [0.25, 0.3) is 10.9 Å². The molecule has 0 N–H and O–H groups in total. The normalized spacial score (nSPS) is 10.9. The molecule has 0 bridgehead atoms. The predicted molar refractivity (Wildman–Crippen MR) is 88.7 cm³/mol. The molecule has 0 aliphatic heterocycles. The van der Waals surface area contributed by atoms with Crippen LogP contribution < -0.4 is 5.43 Å². The molecule has 0 fully saturated rings. The van der Waals surface area contributed by atoms with Crippen molar-refractivity contribution in [1.29, 1.82) is 0 Å². The minimum Gasteiger partial charge on any atom is -0.342 e. The van der Waals surface area contributed by atoms with E-state index < -0.39 is 11.2 Å². The maximum absolute atomic E-state index is 13.8. The second kappa shape index (κ2) is 5.97. The van der Waals surface area contributed by atoms with Crippen molar-refractivity contribution in [3.8, 4) is 0 Å². The number of aromatic nitrogens is 1. The van der Waals surface area contributed by atoms with Crippen LogP contribution in [0, 0.1) is 5.82 Å². The molecule has 0 amide bonds. The van der Waals surface area contributed by atoms with Crippen LogP contribution in [0.4, 0.5) is 4.39 Å². The number of nitrogens with zero attached hydrogens (tertiary/aromatic N) is 1. The largest absolute Gasteiger partial charge is 0.342 e. The molecule has 3 rings (SSSR count). The van der Waals surface area contributed by atoms with Crippen LogP contribution in [0.1, 0.15) is 22.8 Å². The standard InChI is InChI=1S/C18H13ClFNO2/c1-11(22)14-10-21(9-12-5-3-2-4-6-12)17-8-15(19)16(20)7-13(17)18(14)23/h2-8,10H,9H2,1H3. The molecule has 0 spiro atoms. The van der Waals surface area contributed by atoms with Crippen molar-refractivity contribution in [2.75, 3.05) is 0 Å². The number of rotatable bonds is 3. The monoisotopic (exact) mass is 329 g/mol. The molecule has 3 nitrogen and oxygen atoms in total. The van der Waals surface area contributed by atoms with Crippen LogP contribution in [0.5, 0.6) is 0 Å². The molecule has 3 aromatic rings. The fourth-order valence-corrected chi connectivity index (χ4v) is 2.70. The second-order valence-electron chi connectivity index (χ2n) is 5.33. The highest BCUT2D eigenvalue weighted by atomic mass is 35.5. The molecular formula is C18H13ClFNO2.